The van der Waals surface area contributed by atoms with Gasteiger partial charge in [0.15, 0.2) is 0 Å². The first-order valence-corrected chi connectivity index (χ1v) is 11.4. The second-order valence-electron chi connectivity index (χ2n) is 7.86. The number of aryl methyl sites for hydroxylation is 2. The van der Waals surface area contributed by atoms with E-state index in [9.17, 15) is 14.9 Å². The predicted molar refractivity (Wildman–Crippen MR) is 130 cm³/mol. The first-order valence-electron chi connectivity index (χ1n) is 10.5. The first-order chi connectivity index (χ1) is 15.8. The van der Waals surface area contributed by atoms with E-state index < -0.39 is 11.9 Å². The lowest BCUT2D eigenvalue weighted by molar-refractivity contribution is -0.136. The maximum atomic E-state index is 13.3. The van der Waals surface area contributed by atoms with Crippen LogP contribution in [-0.4, -0.2) is 17.1 Å². The van der Waals surface area contributed by atoms with Gasteiger partial charge in [-0.05, 0) is 38.0 Å². The van der Waals surface area contributed by atoms with Crippen LogP contribution in [0.5, 0.6) is 0 Å². The van der Waals surface area contributed by atoms with Crippen LogP contribution < -0.4 is 20.5 Å². The number of nitriles is 1. The Hall–Kier alpha value is -3.89. The zero-order valence-corrected chi connectivity index (χ0v) is 19.4. The standard InChI is InChI=1S/C26H23N3O3S/c1-4-32-26(31)22-21(18-11-7-16(3)8-12-18)19(14-27)23(28)29-24(30)20(33-25(22)29)13-17-9-5-15(2)6-10-17/h5-13,21H,4,28H2,1-3H3/b20-13-/t21-/m1/s1. The number of ether oxygens (including phenoxy) is 1. The van der Waals surface area contributed by atoms with Crippen LogP contribution in [0.4, 0.5) is 0 Å². The van der Waals surface area contributed by atoms with E-state index in [1.165, 1.54) is 15.9 Å². The minimum Gasteiger partial charge on any atom is -0.463 e. The Kier molecular flexibility index (Phi) is 6.03. The highest BCUT2D eigenvalue weighted by atomic mass is 32.1. The van der Waals surface area contributed by atoms with Gasteiger partial charge in [-0.3, -0.25) is 9.36 Å². The normalized spacial score (nSPS) is 15.9. The second-order valence-corrected chi connectivity index (χ2v) is 8.89. The SMILES string of the molecule is CCOC(=O)C1=c2s/c(=C\c3ccc(C)cc3)c(=O)n2C(N)=C(C#N)[C@H]1c1ccc(C)cc1. The Morgan fingerprint density at radius 2 is 1.76 bits per heavy atom. The highest BCUT2D eigenvalue weighted by Gasteiger charge is 2.36. The van der Waals surface area contributed by atoms with Crippen LogP contribution in [0.1, 0.15) is 35.1 Å². The van der Waals surface area contributed by atoms with Crippen molar-refractivity contribution in [3.8, 4) is 6.07 Å². The number of allylic oxidation sites excluding steroid dienone is 1. The summed E-state index contributed by atoms with van der Waals surface area (Å²) in [6.45, 7) is 5.83. The molecule has 4 rings (SSSR count). The molecule has 0 spiro atoms. The summed E-state index contributed by atoms with van der Waals surface area (Å²) in [5.41, 5.74) is 10.1. The second kappa shape index (κ2) is 8.93. The molecule has 166 valence electrons. The number of carbonyl (C=O) groups is 1. The molecule has 1 aromatic heterocycles. The van der Waals surface area contributed by atoms with Gasteiger partial charge in [0.1, 0.15) is 10.5 Å². The number of nitrogens with two attached hydrogens (primary N) is 1. The van der Waals surface area contributed by atoms with E-state index in [1.807, 2.05) is 62.4 Å². The van der Waals surface area contributed by atoms with Crippen LogP contribution in [0.15, 0.2) is 58.9 Å². The summed E-state index contributed by atoms with van der Waals surface area (Å²) in [5, 5.41) is 9.99. The molecule has 1 aliphatic rings. The van der Waals surface area contributed by atoms with E-state index in [-0.39, 0.29) is 29.1 Å². The van der Waals surface area contributed by atoms with Crippen LogP contribution in [0.25, 0.3) is 17.5 Å². The summed E-state index contributed by atoms with van der Waals surface area (Å²) in [4.78, 5) is 26.5. The number of fused-ring (bicyclic) bond motifs is 1. The average Bonchev–Trinajstić information content (AvgIpc) is 3.11. The van der Waals surface area contributed by atoms with Gasteiger partial charge >= 0.3 is 5.97 Å². The van der Waals surface area contributed by atoms with Crippen molar-refractivity contribution in [1.29, 1.82) is 5.26 Å². The van der Waals surface area contributed by atoms with Crippen LogP contribution in [-0.2, 0) is 9.53 Å². The van der Waals surface area contributed by atoms with E-state index in [0.717, 1.165) is 22.3 Å². The number of esters is 1. The van der Waals surface area contributed by atoms with Crippen molar-refractivity contribution in [2.75, 3.05) is 6.61 Å². The van der Waals surface area contributed by atoms with Crippen LogP contribution in [0, 0.1) is 25.2 Å². The maximum absolute atomic E-state index is 13.3. The zero-order chi connectivity index (χ0) is 23.7. The topological polar surface area (TPSA) is 98.1 Å². The molecule has 7 heteroatoms. The van der Waals surface area contributed by atoms with Crippen molar-refractivity contribution >= 4 is 34.8 Å². The molecular weight excluding hydrogens is 434 g/mol. The Morgan fingerprint density at radius 3 is 2.33 bits per heavy atom. The lowest BCUT2D eigenvalue weighted by atomic mass is 9.83. The molecule has 2 heterocycles. The molecule has 1 atom stereocenters. The molecule has 6 nitrogen and oxygen atoms in total. The van der Waals surface area contributed by atoms with Crippen molar-refractivity contribution in [2.45, 2.75) is 26.7 Å². The number of hydrogen-bond donors (Lipinski definition) is 1. The van der Waals surface area contributed by atoms with Gasteiger partial charge in [-0.25, -0.2) is 4.79 Å². The highest BCUT2D eigenvalue weighted by Crippen LogP contribution is 2.36. The molecule has 2 aromatic carbocycles. The number of nitrogens with zero attached hydrogens (tertiary/aromatic N) is 2. The van der Waals surface area contributed by atoms with Crippen molar-refractivity contribution in [1.82, 2.24) is 4.57 Å². The van der Waals surface area contributed by atoms with E-state index in [2.05, 4.69) is 6.07 Å². The number of hydrogen-bond acceptors (Lipinski definition) is 6. The summed E-state index contributed by atoms with van der Waals surface area (Å²) in [7, 11) is 0. The van der Waals surface area contributed by atoms with Crippen LogP contribution in [0.2, 0.25) is 0 Å². The molecule has 2 N–H and O–H groups in total. The molecule has 0 fully saturated rings. The summed E-state index contributed by atoms with van der Waals surface area (Å²) in [6, 6.07) is 17.5. The number of carbonyl (C=O) groups excluding carboxylic acids is 1. The molecule has 0 radical (unpaired) electrons. The average molecular weight is 458 g/mol. The smallest absolute Gasteiger partial charge is 0.338 e. The van der Waals surface area contributed by atoms with Crippen molar-refractivity contribution < 1.29 is 9.53 Å². The lowest BCUT2D eigenvalue weighted by Crippen LogP contribution is -2.40. The van der Waals surface area contributed by atoms with Gasteiger partial charge in [0.25, 0.3) is 5.56 Å². The molecule has 1 aliphatic heterocycles. The maximum Gasteiger partial charge on any atom is 0.338 e. The molecule has 3 aromatic rings. The number of rotatable bonds is 4. The third-order valence-electron chi connectivity index (χ3n) is 5.55. The Morgan fingerprint density at radius 1 is 1.15 bits per heavy atom. The number of benzene rings is 2. The molecule has 0 saturated heterocycles. The Labute approximate surface area is 195 Å². The Balaban J connectivity index is 2.08. The van der Waals surface area contributed by atoms with Crippen molar-refractivity contribution in [3.05, 3.63) is 95.9 Å². The van der Waals surface area contributed by atoms with Gasteiger partial charge in [-0.1, -0.05) is 59.7 Å². The summed E-state index contributed by atoms with van der Waals surface area (Å²) >= 11 is 1.17. The molecule has 0 amide bonds. The van der Waals surface area contributed by atoms with E-state index in [1.54, 1.807) is 13.0 Å². The molecule has 0 aliphatic carbocycles. The number of thiazole rings is 1. The minimum atomic E-state index is -0.722. The van der Waals surface area contributed by atoms with E-state index in [0.29, 0.717) is 9.20 Å². The van der Waals surface area contributed by atoms with Gasteiger partial charge in [-0.15, -0.1) is 11.3 Å². The molecule has 33 heavy (non-hydrogen) atoms. The van der Waals surface area contributed by atoms with Gasteiger partial charge in [0, 0.05) is 0 Å². The summed E-state index contributed by atoms with van der Waals surface area (Å²) in [5.74, 6) is -1.25. The third kappa shape index (κ3) is 4.01. The Bertz CT molecular complexity index is 1480. The molecule has 0 bridgehead atoms. The zero-order valence-electron chi connectivity index (χ0n) is 18.6. The van der Waals surface area contributed by atoms with Gasteiger partial charge in [0.2, 0.25) is 0 Å². The largest absolute Gasteiger partial charge is 0.463 e. The fraction of sp³-hybridized carbons (Fsp3) is 0.192. The van der Waals surface area contributed by atoms with Gasteiger partial charge in [0.05, 0.1) is 34.3 Å². The van der Waals surface area contributed by atoms with Crippen molar-refractivity contribution in [3.63, 3.8) is 0 Å². The lowest BCUT2D eigenvalue weighted by Gasteiger charge is -2.24. The summed E-state index contributed by atoms with van der Waals surface area (Å²) in [6.07, 6.45) is 1.76. The monoisotopic (exact) mass is 457 g/mol. The predicted octanol–water partition coefficient (Wildman–Crippen LogP) is 2.52. The first kappa shape index (κ1) is 22.3. The fourth-order valence-corrected chi connectivity index (χ4v) is 5.03. The minimum absolute atomic E-state index is 0.0379. The van der Waals surface area contributed by atoms with Gasteiger partial charge in [-0.2, -0.15) is 5.26 Å². The van der Waals surface area contributed by atoms with E-state index in [4.69, 9.17) is 10.5 Å². The highest BCUT2D eigenvalue weighted by molar-refractivity contribution is 7.07. The third-order valence-corrected chi connectivity index (χ3v) is 6.66. The molecule has 0 unspecified atom stereocenters. The molecular formula is C26H23N3O3S. The van der Waals surface area contributed by atoms with Crippen LogP contribution in [0.3, 0.4) is 0 Å². The number of aromatic nitrogens is 1. The fourth-order valence-electron chi connectivity index (χ4n) is 3.86. The van der Waals surface area contributed by atoms with Crippen molar-refractivity contribution in [2.24, 2.45) is 5.73 Å². The molecule has 0 saturated carbocycles. The van der Waals surface area contributed by atoms with Crippen LogP contribution >= 0.6 is 11.3 Å². The van der Waals surface area contributed by atoms with Gasteiger partial charge < -0.3 is 10.5 Å². The van der Waals surface area contributed by atoms with E-state index >= 15 is 0 Å². The quantitative estimate of drug-likeness (QED) is 0.607. The summed E-state index contributed by atoms with van der Waals surface area (Å²) < 4.78 is 7.42.